The highest BCUT2D eigenvalue weighted by molar-refractivity contribution is 5.95. The number of fused-ring (bicyclic) bond motifs is 3. The molecule has 4 aromatic rings. The van der Waals surface area contributed by atoms with Crippen molar-refractivity contribution in [1.29, 1.82) is 0 Å². The maximum Gasteiger partial charge on any atom is 0.251 e. The van der Waals surface area contributed by atoms with E-state index < -0.39 is 24.3 Å². The molecule has 4 heterocycles. The molecule has 1 aliphatic carbocycles. The Morgan fingerprint density at radius 2 is 1.88 bits per heavy atom. The van der Waals surface area contributed by atoms with E-state index in [-0.39, 0.29) is 42.7 Å². The molecule has 0 spiro atoms. The van der Waals surface area contributed by atoms with Crippen LogP contribution in [0.25, 0.3) is 5.69 Å². The zero-order valence-electron chi connectivity index (χ0n) is 23.7. The van der Waals surface area contributed by atoms with E-state index in [1.54, 1.807) is 46.2 Å². The number of nitrogens with one attached hydrogen (secondary N) is 3. The van der Waals surface area contributed by atoms with Crippen LogP contribution in [0.2, 0.25) is 0 Å². The number of amides is 2. The summed E-state index contributed by atoms with van der Waals surface area (Å²) in [6.45, 7) is 2.34. The van der Waals surface area contributed by atoms with Crippen LogP contribution in [0, 0.1) is 18.8 Å². The smallest absolute Gasteiger partial charge is 0.251 e. The predicted octanol–water partition coefficient (Wildman–Crippen LogP) is 5.19. The minimum Gasteiger partial charge on any atom is -0.375 e. The van der Waals surface area contributed by atoms with Crippen molar-refractivity contribution in [3.8, 4) is 5.69 Å². The normalized spacial score (nSPS) is 25.8. The Balaban J connectivity index is 1.14. The fourth-order valence-corrected chi connectivity index (χ4v) is 7.05. The molecule has 43 heavy (non-hydrogen) atoms. The van der Waals surface area contributed by atoms with Gasteiger partial charge in [-0.2, -0.15) is 5.10 Å². The van der Waals surface area contributed by atoms with Crippen LogP contribution in [-0.2, 0) is 4.79 Å². The number of anilines is 1. The Kier molecular flexibility index (Phi) is 6.75. The Bertz CT molecular complexity index is 1640. The first-order valence-electron chi connectivity index (χ1n) is 14.7. The fraction of sp³-hybridized carbons (Fsp3) is 0.375. The molecule has 5 atom stereocenters. The van der Waals surface area contributed by atoms with Crippen molar-refractivity contribution >= 4 is 17.5 Å². The van der Waals surface area contributed by atoms with Gasteiger partial charge in [-0.1, -0.05) is 18.2 Å². The second-order valence-electron chi connectivity index (χ2n) is 11.8. The van der Waals surface area contributed by atoms with Gasteiger partial charge < -0.3 is 20.5 Å². The van der Waals surface area contributed by atoms with E-state index in [4.69, 9.17) is 0 Å². The van der Waals surface area contributed by atoms with Crippen LogP contribution >= 0.6 is 0 Å². The first-order chi connectivity index (χ1) is 20.8. The summed E-state index contributed by atoms with van der Waals surface area (Å²) in [5, 5.41) is 10.9. The number of aryl methyl sites for hydroxylation is 1. The number of hydrogen-bond acceptors (Lipinski definition) is 5. The first kappa shape index (κ1) is 27.3. The standard InChI is InChI=1S/C32H33F2N7O2/c1-19-11-17-41(39-19)21-8-6-20(7-9-21)30(42)38-26-10-13-32(33,34)18-24(26)31(43)40-16-12-23-27(29-35-14-15-36-29)37-25-5-3-2-4-22(25)28(23)40/h2-9,11,14-15,17,23-24,26-28,37H,10,12-13,16,18H2,1H3,(H,35,36)(H,38,42)/t23-,24+,26-,27?,28+/m1/s1. The zero-order chi connectivity index (χ0) is 29.7. The summed E-state index contributed by atoms with van der Waals surface area (Å²) < 4.78 is 31.4. The van der Waals surface area contributed by atoms with Crippen molar-refractivity contribution in [3.63, 3.8) is 0 Å². The van der Waals surface area contributed by atoms with E-state index in [1.165, 1.54) is 0 Å². The molecule has 0 radical (unpaired) electrons. The Labute approximate surface area is 247 Å². The molecular weight excluding hydrogens is 552 g/mol. The summed E-state index contributed by atoms with van der Waals surface area (Å²) in [5.41, 5.74) is 3.94. The molecule has 1 saturated heterocycles. The molecular formula is C32H33F2N7O2. The van der Waals surface area contributed by atoms with Gasteiger partial charge in [0.15, 0.2) is 0 Å². The summed E-state index contributed by atoms with van der Waals surface area (Å²) in [6, 6.07) is 15.5. The molecule has 9 nitrogen and oxygen atoms in total. The third-order valence-corrected chi connectivity index (χ3v) is 9.14. The molecule has 1 saturated carbocycles. The van der Waals surface area contributed by atoms with Gasteiger partial charge in [0, 0.05) is 61.2 Å². The molecule has 1 unspecified atom stereocenters. The lowest BCUT2D eigenvalue weighted by Gasteiger charge is -2.42. The number of alkyl halides is 2. The lowest BCUT2D eigenvalue weighted by Crippen LogP contribution is -2.53. The highest BCUT2D eigenvalue weighted by Crippen LogP contribution is 2.51. The quantitative estimate of drug-likeness (QED) is 0.299. The molecule has 0 bridgehead atoms. The number of H-pyrrole nitrogens is 1. The van der Waals surface area contributed by atoms with Crippen LogP contribution in [0.15, 0.2) is 73.2 Å². The lowest BCUT2D eigenvalue weighted by molar-refractivity contribution is -0.146. The number of imidazole rings is 1. The average molecular weight is 586 g/mol. The van der Waals surface area contributed by atoms with Gasteiger partial charge in [-0.3, -0.25) is 9.59 Å². The van der Waals surface area contributed by atoms with E-state index in [2.05, 4.69) is 25.7 Å². The van der Waals surface area contributed by atoms with Crippen LogP contribution < -0.4 is 10.6 Å². The maximum absolute atomic E-state index is 14.8. The molecule has 3 aliphatic rings. The molecule has 7 rings (SSSR count). The number of para-hydroxylation sites is 1. The molecule has 11 heteroatoms. The van der Waals surface area contributed by atoms with Crippen molar-refractivity contribution in [2.24, 2.45) is 11.8 Å². The first-order valence-corrected chi connectivity index (χ1v) is 14.7. The summed E-state index contributed by atoms with van der Waals surface area (Å²) in [6.07, 6.45) is 5.06. The SMILES string of the molecule is Cc1ccn(-c2ccc(C(=O)N[C@@H]3CCC(F)(F)C[C@@H]3C(=O)N3CC[C@@H]4C(c5ncc[nH]5)Nc5ccccc5[C@@H]43)cc2)n1. The second kappa shape index (κ2) is 10.6. The number of aromatic nitrogens is 4. The molecule has 222 valence electrons. The predicted molar refractivity (Wildman–Crippen MR) is 156 cm³/mol. The van der Waals surface area contributed by atoms with Crippen LogP contribution in [0.4, 0.5) is 14.5 Å². The van der Waals surface area contributed by atoms with Crippen LogP contribution in [0.3, 0.4) is 0 Å². The minimum absolute atomic E-state index is 0.0132. The van der Waals surface area contributed by atoms with Crippen LogP contribution in [0.5, 0.6) is 0 Å². The van der Waals surface area contributed by atoms with Gasteiger partial charge in [0.2, 0.25) is 11.8 Å². The fourth-order valence-electron chi connectivity index (χ4n) is 7.05. The zero-order valence-corrected chi connectivity index (χ0v) is 23.7. The Morgan fingerprint density at radius 1 is 1.07 bits per heavy atom. The third kappa shape index (κ3) is 5.06. The number of carbonyl (C=O) groups excluding carboxylic acids is 2. The summed E-state index contributed by atoms with van der Waals surface area (Å²) >= 11 is 0. The van der Waals surface area contributed by atoms with E-state index in [0.29, 0.717) is 18.5 Å². The monoisotopic (exact) mass is 585 g/mol. The average Bonchev–Trinajstić information content (AvgIpc) is 3.79. The molecule has 2 aromatic heterocycles. The van der Waals surface area contributed by atoms with Crippen LogP contribution in [-0.4, -0.2) is 55.0 Å². The number of aromatic amines is 1. The van der Waals surface area contributed by atoms with Crippen molar-refractivity contribution < 1.29 is 18.4 Å². The highest BCUT2D eigenvalue weighted by atomic mass is 19.3. The number of benzene rings is 2. The molecule has 3 N–H and O–H groups in total. The van der Waals surface area contributed by atoms with Gasteiger partial charge in [0.1, 0.15) is 5.82 Å². The maximum atomic E-state index is 14.8. The number of hydrogen-bond donors (Lipinski definition) is 3. The second-order valence-corrected chi connectivity index (χ2v) is 11.8. The van der Waals surface area contributed by atoms with Gasteiger partial charge in [0.05, 0.1) is 29.4 Å². The highest BCUT2D eigenvalue weighted by Gasteiger charge is 2.52. The molecule has 2 aromatic carbocycles. The molecule has 2 fully saturated rings. The van der Waals surface area contributed by atoms with E-state index in [9.17, 15) is 18.4 Å². The van der Waals surface area contributed by atoms with Crippen molar-refractivity contribution in [2.75, 3.05) is 11.9 Å². The lowest BCUT2D eigenvalue weighted by atomic mass is 9.79. The van der Waals surface area contributed by atoms with Gasteiger partial charge in [0.25, 0.3) is 5.91 Å². The number of carbonyl (C=O) groups is 2. The van der Waals surface area contributed by atoms with Gasteiger partial charge >= 0.3 is 0 Å². The van der Waals surface area contributed by atoms with E-state index >= 15 is 0 Å². The van der Waals surface area contributed by atoms with Gasteiger partial charge in [-0.25, -0.2) is 18.4 Å². The summed E-state index contributed by atoms with van der Waals surface area (Å²) in [7, 11) is 0. The third-order valence-electron chi connectivity index (χ3n) is 9.14. The topological polar surface area (TPSA) is 108 Å². The summed E-state index contributed by atoms with van der Waals surface area (Å²) in [4.78, 5) is 37.0. The number of rotatable bonds is 5. The van der Waals surface area contributed by atoms with Gasteiger partial charge in [-0.05, 0) is 61.7 Å². The van der Waals surface area contributed by atoms with Crippen molar-refractivity contribution in [1.82, 2.24) is 30.0 Å². The number of nitrogens with zero attached hydrogens (tertiary/aromatic N) is 4. The van der Waals surface area contributed by atoms with E-state index in [0.717, 1.165) is 28.5 Å². The molecule has 2 aliphatic heterocycles. The summed E-state index contributed by atoms with van der Waals surface area (Å²) in [5.74, 6) is -3.95. The number of likely N-dealkylation sites (tertiary alicyclic amines) is 1. The molecule has 2 amide bonds. The van der Waals surface area contributed by atoms with Crippen molar-refractivity contribution in [3.05, 3.63) is 95.8 Å². The largest absolute Gasteiger partial charge is 0.375 e. The number of halogens is 2. The van der Waals surface area contributed by atoms with E-state index in [1.807, 2.05) is 43.5 Å². The van der Waals surface area contributed by atoms with Crippen molar-refractivity contribution in [2.45, 2.75) is 56.7 Å². The van der Waals surface area contributed by atoms with Gasteiger partial charge in [-0.15, -0.1) is 0 Å². The minimum atomic E-state index is -2.98. The Hall–Kier alpha value is -4.54. The van der Waals surface area contributed by atoms with Crippen LogP contribution in [0.1, 0.15) is 65.2 Å². The Morgan fingerprint density at radius 3 is 2.63 bits per heavy atom.